The van der Waals surface area contributed by atoms with E-state index in [4.69, 9.17) is 5.14 Å². The molecule has 0 saturated carbocycles. The number of nitrogens with zero attached hydrogens (tertiary/aromatic N) is 4. The van der Waals surface area contributed by atoms with Gasteiger partial charge in [-0.05, 0) is 37.6 Å². The Balaban J connectivity index is 0.00000256. The van der Waals surface area contributed by atoms with Crippen molar-refractivity contribution in [3.05, 3.63) is 72.9 Å². The van der Waals surface area contributed by atoms with E-state index in [1.54, 1.807) is 26.2 Å². The Hall–Kier alpha value is -2.85. The lowest BCUT2D eigenvalue weighted by atomic mass is 9.94. The minimum absolute atomic E-state index is 0. The molecule has 0 aliphatic carbocycles. The molecule has 0 atom stereocenters. The number of pyridine rings is 1. The molecule has 3 N–H and O–H groups in total. The van der Waals surface area contributed by atoms with Crippen molar-refractivity contribution in [2.24, 2.45) is 5.14 Å². The van der Waals surface area contributed by atoms with Crippen molar-refractivity contribution in [1.29, 1.82) is 0 Å². The van der Waals surface area contributed by atoms with Crippen LogP contribution in [0.25, 0.3) is 28.0 Å². The van der Waals surface area contributed by atoms with Gasteiger partial charge in [-0.15, -0.1) is 12.4 Å². The molecule has 0 bridgehead atoms. The molecule has 0 amide bonds. The maximum atomic E-state index is 11.4. The van der Waals surface area contributed by atoms with E-state index < -0.39 is 15.7 Å². The van der Waals surface area contributed by atoms with Gasteiger partial charge in [-0.25, -0.2) is 15.1 Å². The zero-order chi connectivity index (χ0) is 20.6. The quantitative estimate of drug-likeness (QED) is 0.491. The molecular formula is C20H21ClN6O2S. The number of nitrogens with one attached hydrogen (secondary N) is 1. The van der Waals surface area contributed by atoms with E-state index in [9.17, 15) is 8.42 Å². The van der Waals surface area contributed by atoms with Gasteiger partial charge in [-0.2, -0.15) is 13.1 Å². The van der Waals surface area contributed by atoms with Crippen LogP contribution in [0, 0.1) is 0 Å². The van der Waals surface area contributed by atoms with Crippen LogP contribution in [0.2, 0.25) is 0 Å². The number of rotatable bonds is 5. The lowest BCUT2D eigenvalue weighted by Gasteiger charge is -2.25. The number of benzene rings is 1. The highest BCUT2D eigenvalue weighted by molar-refractivity contribution is 7.87. The van der Waals surface area contributed by atoms with Gasteiger partial charge in [0.25, 0.3) is 10.2 Å². The highest BCUT2D eigenvalue weighted by Crippen LogP contribution is 2.29. The van der Waals surface area contributed by atoms with Crippen LogP contribution in [0.3, 0.4) is 0 Å². The van der Waals surface area contributed by atoms with Crippen molar-refractivity contribution < 1.29 is 8.42 Å². The van der Waals surface area contributed by atoms with Crippen molar-refractivity contribution in [2.75, 3.05) is 0 Å². The summed E-state index contributed by atoms with van der Waals surface area (Å²) in [5, 5.41) is 6.04. The van der Waals surface area contributed by atoms with Crippen LogP contribution in [0.1, 0.15) is 19.4 Å². The molecular weight excluding hydrogens is 424 g/mol. The molecule has 1 aromatic carbocycles. The first kappa shape index (κ1) is 21.8. The maximum Gasteiger partial charge on any atom is 0.275 e. The Labute approximate surface area is 180 Å². The zero-order valence-corrected chi connectivity index (χ0v) is 18.0. The molecule has 30 heavy (non-hydrogen) atoms. The largest absolute Gasteiger partial charge is 0.300 e. The van der Waals surface area contributed by atoms with Crippen LogP contribution < -0.4 is 9.86 Å². The average molecular weight is 445 g/mol. The van der Waals surface area contributed by atoms with Gasteiger partial charge in [0.2, 0.25) is 0 Å². The van der Waals surface area contributed by atoms with Gasteiger partial charge in [-0.3, -0.25) is 9.55 Å². The fourth-order valence-electron chi connectivity index (χ4n) is 3.35. The van der Waals surface area contributed by atoms with E-state index in [1.165, 1.54) is 6.33 Å². The number of halogens is 1. The molecule has 0 saturated heterocycles. The maximum absolute atomic E-state index is 11.4. The summed E-state index contributed by atoms with van der Waals surface area (Å²) in [6.07, 6.45) is 6.97. The van der Waals surface area contributed by atoms with Crippen LogP contribution in [-0.2, 0) is 15.7 Å². The lowest BCUT2D eigenvalue weighted by Crippen LogP contribution is -2.44. The van der Waals surface area contributed by atoms with Gasteiger partial charge in [0, 0.05) is 23.3 Å². The van der Waals surface area contributed by atoms with Crippen LogP contribution in [0.4, 0.5) is 0 Å². The standard InChI is InChI=1S/C20H20N6O2S.ClH/c1-20(2,25-29(21,27)28)15-7-5-14(6-8-15)18-17-9-11-26(19(17)24-13-23-18)16-4-3-10-22-12-16;/h3-13,25H,1-2H3,(H2,21,27,28);1H. The van der Waals surface area contributed by atoms with Crippen LogP contribution >= 0.6 is 12.4 Å². The molecule has 10 heteroatoms. The normalized spacial score (nSPS) is 12.0. The molecule has 3 aromatic heterocycles. The Morgan fingerprint density at radius 2 is 1.80 bits per heavy atom. The van der Waals surface area contributed by atoms with Crippen molar-refractivity contribution >= 4 is 33.6 Å². The van der Waals surface area contributed by atoms with Crippen molar-refractivity contribution in [3.63, 3.8) is 0 Å². The van der Waals surface area contributed by atoms with E-state index in [0.29, 0.717) is 0 Å². The SMILES string of the molecule is CC(C)(NS(N)(=O)=O)c1ccc(-c2ncnc3c2ccn3-c2cccnc2)cc1.Cl. The summed E-state index contributed by atoms with van der Waals surface area (Å²) in [5.41, 5.74) is 3.34. The van der Waals surface area contributed by atoms with Crippen molar-refractivity contribution in [1.82, 2.24) is 24.2 Å². The first-order chi connectivity index (χ1) is 13.7. The van der Waals surface area contributed by atoms with E-state index in [0.717, 1.165) is 33.5 Å². The number of nitrogens with two attached hydrogens (primary N) is 1. The topological polar surface area (TPSA) is 116 Å². The highest BCUT2D eigenvalue weighted by Gasteiger charge is 2.24. The van der Waals surface area contributed by atoms with Crippen molar-refractivity contribution in [2.45, 2.75) is 19.4 Å². The summed E-state index contributed by atoms with van der Waals surface area (Å²) in [6, 6.07) is 13.3. The minimum atomic E-state index is -3.82. The Morgan fingerprint density at radius 1 is 1.07 bits per heavy atom. The van der Waals surface area contributed by atoms with E-state index >= 15 is 0 Å². The fourth-order valence-corrected chi connectivity index (χ4v) is 4.17. The first-order valence-corrected chi connectivity index (χ1v) is 10.4. The number of fused-ring (bicyclic) bond motifs is 1. The third-order valence-corrected chi connectivity index (χ3v) is 5.48. The number of aromatic nitrogens is 4. The van der Waals surface area contributed by atoms with Gasteiger partial charge in [0.15, 0.2) is 0 Å². The third-order valence-electron chi connectivity index (χ3n) is 4.68. The summed E-state index contributed by atoms with van der Waals surface area (Å²) in [5.74, 6) is 0. The predicted octanol–water partition coefficient (Wildman–Crippen LogP) is 2.93. The minimum Gasteiger partial charge on any atom is -0.300 e. The zero-order valence-electron chi connectivity index (χ0n) is 16.4. The molecule has 4 aromatic rings. The van der Waals surface area contributed by atoms with E-state index in [-0.39, 0.29) is 12.4 Å². The molecule has 156 valence electrons. The summed E-state index contributed by atoms with van der Waals surface area (Å²) in [7, 11) is -3.82. The summed E-state index contributed by atoms with van der Waals surface area (Å²) in [6.45, 7) is 3.51. The Morgan fingerprint density at radius 3 is 2.43 bits per heavy atom. The monoisotopic (exact) mass is 444 g/mol. The molecule has 4 rings (SSSR count). The smallest absolute Gasteiger partial charge is 0.275 e. The molecule has 0 radical (unpaired) electrons. The molecule has 3 heterocycles. The third kappa shape index (κ3) is 4.34. The lowest BCUT2D eigenvalue weighted by molar-refractivity contribution is 0.473. The van der Waals surface area contributed by atoms with E-state index in [1.807, 2.05) is 53.2 Å². The van der Waals surface area contributed by atoms with Gasteiger partial charge in [0.05, 0.1) is 23.1 Å². The van der Waals surface area contributed by atoms with Gasteiger partial charge >= 0.3 is 0 Å². The van der Waals surface area contributed by atoms with Crippen LogP contribution in [0.15, 0.2) is 67.4 Å². The molecule has 0 aliphatic rings. The predicted molar refractivity (Wildman–Crippen MR) is 119 cm³/mol. The molecule has 8 nitrogen and oxygen atoms in total. The van der Waals surface area contributed by atoms with E-state index in [2.05, 4.69) is 19.7 Å². The van der Waals surface area contributed by atoms with Crippen molar-refractivity contribution in [3.8, 4) is 16.9 Å². The Bertz CT molecular complexity index is 1270. The van der Waals surface area contributed by atoms with Crippen LogP contribution in [0.5, 0.6) is 0 Å². The second-order valence-corrected chi connectivity index (χ2v) is 8.50. The van der Waals surface area contributed by atoms with Gasteiger partial charge in [0.1, 0.15) is 12.0 Å². The second kappa shape index (κ2) is 8.11. The summed E-state index contributed by atoms with van der Waals surface area (Å²) < 4.78 is 27.2. The molecule has 0 unspecified atom stereocenters. The van der Waals surface area contributed by atoms with Crippen LogP contribution in [-0.4, -0.2) is 27.9 Å². The van der Waals surface area contributed by atoms with Gasteiger partial charge < -0.3 is 0 Å². The summed E-state index contributed by atoms with van der Waals surface area (Å²) in [4.78, 5) is 13.1. The highest BCUT2D eigenvalue weighted by atomic mass is 35.5. The number of hydrogen-bond acceptors (Lipinski definition) is 5. The average Bonchev–Trinajstić information content (AvgIpc) is 3.11. The fraction of sp³-hybridized carbons (Fsp3) is 0.150. The molecule has 0 fully saturated rings. The molecule has 0 spiro atoms. The Kier molecular flexibility index (Phi) is 5.91. The molecule has 0 aliphatic heterocycles. The second-order valence-electron chi connectivity index (χ2n) is 7.21. The van der Waals surface area contributed by atoms with Gasteiger partial charge in [-0.1, -0.05) is 24.3 Å². The summed E-state index contributed by atoms with van der Waals surface area (Å²) >= 11 is 0. The first-order valence-electron chi connectivity index (χ1n) is 8.90. The number of hydrogen-bond donors (Lipinski definition) is 2.